The molecular weight excluding hydrogens is 435 g/mol. The van der Waals surface area contributed by atoms with Crippen LogP contribution in [0.2, 0.25) is 0 Å². The van der Waals surface area contributed by atoms with Crippen molar-refractivity contribution in [1.29, 1.82) is 0 Å². The van der Waals surface area contributed by atoms with E-state index in [4.69, 9.17) is 27.1 Å². The maximum atomic E-state index is 12.8. The number of benzene rings is 2. The Morgan fingerprint density at radius 1 is 1.10 bits per heavy atom. The number of hydrogen-bond donors (Lipinski definition) is 1. The SMILES string of the molecule is CCCSP(=O)(OCC)Oc1ccc(/C(=N\N)C(=S)c2cccc(CCC)c2)cc1. The Morgan fingerprint density at radius 2 is 1.83 bits per heavy atom. The molecule has 0 fully saturated rings. The van der Waals surface area contributed by atoms with Crippen molar-refractivity contribution in [3.05, 3.63) is 65.2 Å². The minimum absolute atomic E-state index is 0.321. The number of thiocarbonyl (C=S) groups is 1. The number of hydrogen-bond acceptors (Lipinski definition) is 7. The minimum Gasteiger partial charge on any atom is -0.417 e. The van der Waals surface area contributed by atoms with E-state index in [1.165, 1.54) is 16.9 Å². The quantitative estimate of drug-likeness (QED) is 0.0980. The van der Waals surface area contributed by atoms with E-state index in [-0.39, 0.29) is 0 Å². The summed E-state index contributed by atoms with van der Waals surface area (Å²) in [6, 6.07) is 15.2. The zero-order valence-corrected chi connectivity index (χ0v) is 20.2. The van der Waals surface area contributed by atoms with Gasteiger partial charge in [-0.2, -0.15) is 5.10 Å². The fourth-order valence-electron chi connectivity index (χ4n) is 2.81. The van der Waals surface area contributed by atoms with E-state index in [0.29, 0.717) is 28.7 Å². The first-order chi connectivity index (χ1) is 14.5. The van der Waals surface area contributed by atoms with Crippen LogP contribution in [0.1, 0.15) is 50.3 Å². The molecule has 0 radical (unpaired) electrons. The Bertz CT molecular complexity index is 917. The van der Waals surface area contributed by atoms with Crippen molar-refractivity contribution in [2.24, 2.45) is 10.9 Å². The number of rotatable bonds is 12. The summed E-state index contributed by atoms with van der Waals surface area (Å²) >= 11 is 6.87. The van der Waals surface area contributed by atoms with Crippen molar-refractivity contribution in [3.8, 4) is 5.75 Å². The lowest BCUT2D eigenvalue weighted by Gasteiger charge is -2.17. The highest BCUT2D eigenvalue weighted by Gasteiger charge is 2.26. The molecule has 162 valence electrons. The van der Waals surface area contributed by atoms with E-state index < -0.39 is 6.80 Å². The monoisotopic (exact) mass is 464 g/mol. The molecule has 0 spiro atoms. The third-order valence-corrected chi connectivity index (χ3v) is 8.54. The lowest BCUT2D eigenvalue weighted by atomic mass is 9.99. The van der Waals surface area contributed by atoms with Crippen molar-refractivity contribution in [1.82, 2.24) is 0 Å². The molecule has 2 aromatic carbocycles. The van der Waals surface area contributed by atoms with Gasteiger partial charge in [0.2, 0.25) is 0 Å². The smallest absolute Gasteiger partial charge is 0.417 e. The van der Waals surface area contributed by atoms with E-state index in [9.17, 15) is 4.57 Å². The third kappa shape index (κ3) is 6.95. The largest absolute Gasteiger partial charge is 0.440 e. The molecule has 0 heterocycles. The molecule has 0 saturated heterocycles. The molecule has 1 unspecified atom stereocenters. The second-order valence-electron chi connectivity index (χ2n) is 6.57. The van der Waals surface area contributed by atoms with Crippen LogP contribution in [0.3, 0.4) is 0 Å². The predicted molar refractivity (Wildman–Crippen MR) is 132 cm³/mol. The Labute approximate surface area is 188 Å². The molecule has 0 aromatic heterocycles. The van der Waals surface area contributed by atoms with Gasteiger partial charge in [-0.3, -0.25) is 4.52 Å². The molecule has 0 aliphatic carbocycles. The molecule has 30 heavy (non-hydrogen) atoms. The summed E-state index contributed by atoms with van der Waals surface area (Å²) in [4.78, 5) is 0.586. The summed E-state index contributed by atoms with van der Waals surface area (Å²) in [5, 5.41) is 3.94. The normalized spacial score (nSPS) is 13.6. The van der Waals surface area contributed by atoms with Crippen molar-refractivity contribution < 1.29 is 13.6 Å². The number of nitrogens with zero attached hydrogens (tertiary/aromatic N) is 1. The van der Waals surface area contributed by atoms with Gasteiger partial charge in [-0.25, -0.2) is 4.57 Å². The zero-order valence-electron chi connectivity index (χ0n) is 17.7. The Balaban J connectivity index is 2.20. The third-order valence-electron chi connectivity index (χ3n) is 4.16. The molecule has 1 atom stereocenters. The highest BCUT2D eigenvalue weighted by molar-refractivity contribution is 8.55. The fourth-order valence-corrected chi connectivity index (χ4v) is 6.57. The average molecular weight is 465 g/mol. The molecule has 2 aromatic rings. The summed E-state index contributed by atoms with van der Waals surface area (Å²) in [6.45, 7) is 3.04. The van der Waals surface area contributed by atoms with E-state index in [1.54, 1.807) is 19.1 Å². The number of aryl methyl sites for hydroxylation is 1. The van der Waals surface area contributed by atoms with Crippen LogP contribution >= 0.6 is 30.4 Å². The molecule has 0 saturated carbocycles. The summed E-state index contributed by atoms with van der Waals surface area (Å²) in [5.74, 6) is 6.84. The van der Waals surface area contributed by atoms with Crippen LogP contribution in [0.25, 0.3) is 0 Å². The number of hydrazone groups is 1. The van der Waals surface area contributed by atoms with Crippen LogP contribution in [0.4, 0.5) is 0 Å². The lowest BCUT2D eigenvalue weighted by Crippen LogP contribution is -2.17. The van der Waals surface area contributed by atoms with Crippen LogP contribution in [-0.4, -0.2) is 22.9 Å². The van der Waals surface area contributed by atoms with Crippen molar-refractivity contribution >= 4 is 41.0 Å². The molecule has 5 nitrogen and oxygen atoms in total. The molecular formula is C22H29N2O3PS2. The topological polar surface area (TPSA) is 73.9 Å². The average Bonchev–Trinajstić information content (AvgIpc) is 2.74. The van der Waals surface area contributed by atoms with Gasteiger partial charge in [0, 0.05) is 11.3 Å². The van der Waals surface area contributed by atoms with Crippen LogP contribution in [-0.2, 0) is 15.5 Å². The fraction of sp³-hybridized carbons (Fsp3) is 0.364. The maximum Gasteiger partial charge on any atom is 0.440 e. The van der Waals surface area contributed by atoms with Gasteiger partial charge in [-0.1, -0.05) is 56.8 Å². The molecule has 2 N–H and O–H groups in total. The summed E-state index contributed by atoms with van der Waals surface area (Å²) < 4.78 is 23.9. The first-order valence-corrected chi connectivity index (χ1v) is 13.6. The van der Waals surface area contributed by atoms with Gasteiger partial charge in [0.15, 0.2) is 0 Å². The van der Waals surface area contributed by atoms with Gasteiger partial charge in [-0.05, 0) is 66.5 Å². The van der Waals surface area contributed by atoms with E-state index in [2.05, 4.69) is 24.2 Å². The molecule has 0 aliphatic rings. The van der Waals surface area contributed by atoms with Gasteiger partial charge in [0.25, 0.3) is 0 Å². The lowest BCUT2D eigenvalue weighted by molar-refractivity contribution is 0.296. The Hall–Kier alpha value is -1.66. The molecule has 2 rings (SSSR count). The molecule has 8 heteroatoms. The molecule has 0 aliphatic heterocycles. The predicted octanol–water partition coefficient (Wildman–Crippen LogP) is 6.39. The zero-order chi connectivity index (χ0) is 22.0. The summed E-state index contributed by atoms with van der Waals surface area (Å²) in [5.41, 5.74) is 3.44. The summed E-state index contributed by atoms with van der Waals surface area (Å²) in [7, 11) is 0. The second kappa shape index (κ2) is 12.3. The van der Waals surface area contributed by atoms with Gasteiger partial charge >= 0.3 is 6.80 Å². The van der Waals surface area contributed by atoms with Crippen LogP contribution in [0, 0.1) is 0 Å². The van der Waals surface area contributed by atoms with Gasteiger partial charge < -0.3 is 10.4 Å². The van der Waals surface area contributed by atoms with E-state index in [1.807, 2.05) is 31.2 Å². The van der Waals surface area contributed by atoms with Crippen molar-refractivity contribution in [2.45, 2.75) is 40.0 Å². The summed E-state index contributed by atoms with van der Waals surface area (Å²) in [6.07, 6.45) is 2.95. The van der Waals surface area contributed by atoms with Gasteiger partial charge in [0.05, 0.1) is 11.5 Å². The maximum absolute atomic E-state index is 12.8. The van der Waals surface area contributed by atoms with Crippen molar-refractivity contribution in [3.63, 3.8) is 0 Å². The van der Waals surface area contributed by atoms with Crippen LogP contribution in [0.5, 0.6) is 5.75 Å². The molecule has 0 amide bonds. The van der Waals surface area contributed by atoms with E-state index in [0.717, 1.165) is 30.4 Å². The first-order valence-electron chi connectivity index (χ1n) is 10.1. The van der Waals surface area contributed by atoms with Crippen LogP contribution < -0.4 is 10.4 Å². The van der Waals surface area contributed by atoms with Gasteiger partial charge in [0.1, 0.15) is 11.5 Å². The highest BCUT2D eigenvalue weighted by Crippen LogP contribution is 2.60. The Morgan fingerprint density at radius 3 is 2.43 bits per heavy atom. The Kier molecular flexibility index (Phi) is 10.1. The van der Waals surface area contributed by atoms with E-state index >= 15 is 0 Å². The molecule has 0 bridgehead atoms. The minimum atomic E-state index is -3.25. The second-order valence-corrected chi connectivity index (χ2v) is 11.1. The van der Waals surface area contributed by atoms with Crippen molar-refractivity contribution in [2.75, 3.05) is 12.4 Å². The van der Waals surface area contributed by atoms with Crippen LogP contribution in [0.15, 0.2) is 53.6 Å². The first kappa shape index (κ1) is 24.6. The standard InChI is InChI=1S/C22H29N2O3PS2/c1-4-8-17-9-7-10-19(16-17)22(29)21(24-23)18-11-13-20(14-12-18)27-28(25,26-6-3)30-15-5-2/h7,9-14,16H,4-6,8,15,23H2,1-3H3/b24-21+. The van der Waals surface area contributed by atoms with Gasteiger partial charge in [-0.15, -0.1) is 0 Å². The highest BCUT2D eigenvalue weighted by atomic mass is 32.7. The number of nitrogens with two attached hydrogens (primary N) is 1.